The molecule has 0 radical (unpaired) electrons. The van der Waals surface area contributed by atoms with E-state index in [-0.39, 0.29) is 16.9 Å². The second-order valence-corrected chi connectivity index (χ2v) is 8.54. The maximum Gasteiger partial charge on any atom is 0.338 e. The molecule has 0 saturated heterocycles. The molecule has 0 aromatic carbocycles. The Morgan fingerprint density at radius 1 is 1.31 bits per heavy atom. The zero-order chi connectivity index (χ0) is 21.0. The van der Waals surface area contributed by atoms with Crippen molar-refractivity contribution in [3.8, 4) is 22.5 Å². The molecule has 0 N–H and O–H groups in total. The van der Waals surface area contributed by atoms with Crippen molar-refractivity contribution in [2.24, 2.45) is 5.41 Å². The lowest BCUT2D eigenvalue weighted by Gasteiger charge is -2.20. The number of thiophene rings is 1. The van der Waals surface area contributed by atoms with Crippen molar-refractivity contribution in [2.45, 2.75) is 53.4 Å². The Kier molecular flexibility index (Phi) is 6.56. The molecule has 0 atom stereocenters. The number of nitrogens with zero attached hydrogens (tertiary/aromatic N) is 4. The third-order valence-electron chi connectivity index (χ3n) is 4.63. The zero-order valence-corrected chi connectivity index (χ0v) is 18.5. The molecule has 0 spiro atoms. The molecule has 0 saturated carbocycles. The third-order valence-corrected chi connectivity index (χ3v) is 5.76. The van der Waals surface area contributed by atoms with Crippen LogP contribution in [0.1, 0.15) is 59.2 Å². The Morgan fingerprint density at radius 2 is 2.10 bits per heavy atom. The van der Waals surface area contributed by atoms with Crippen LogP contribution in [-0.4, -0.2) is 25.7 Å². The van der Waals surface area contributed by atoms with Gasteiger partial charge in [-0.25, -0.2) is 14.8 Å². The molecular formula is C21H23ClN4O2S. The fraction of sp³-hybridized carbons (Fsp3) is 0.429. The maximum atomic E-state index is 12.8. The molecule has 0 amide bonds. The molecule has 6 nitrogen and oxygen atoms in total. The van der Waals surface area contributed by atoms with Gasteiger partial charge in [-0.3, -0.25) is 0 Å². The highest BCUT2D eigenvalue weighted by Gasteiger charge is 2.30. The average molecular weight is 431 g/mol. The number of imidazole rings is 1. The van der Waals surface area contributed by atoms with E-state index in [1.807, 2.05) is 38.3 Å². The summed E-state index contributed by atoms with van der Waals surface area (Å²) in [5, 5.41) is 2.10. The molecule has 0 fully saturated rings. The van der Waals surface area contributed by atoms with Crippen molar-refractivity contribution in [3.63, 3.8) is 0 Å². The first kappa shape index (κ1) is 21.3. The molecule has 0 unspecified atom stereocenters. The number of fused-ring (bicyclic) bond motifs is 1. The predicted molar refractivity (Wildman–Crippen MR) is 116 cm³/mol. The average Bonchev–Trinajstić information content (AvgIpc) is 3.34. The minimum Gasteiger partial charge on any atom is -0.332 e. The molecule has 29 heavy (non-hydrogen) atoms. The van der Waals surface area contributed by atoms with Gasteiger partial charge in [-0.2, -0.15) is 4.98 Å². The molecule has 0 bridgehead atoms. The van der Waals surface area contributed by atoms with E-state index in [2.05, 4.69) is 33.7 Å². The standard InChI is InChI=1S/C21H23ClN4O2S/c1-5-7-8-9-12-15-23-17(22)16-19(24-15)26(28-20(27)21(3,4)6-2)18(25-16)14-11-10-13-29-14/h10-11,13H,5-8H2,1-4H3. The highest BCUT2D eigenvalue weighted by atomic mass is 35.5. The SMILES string of the molecule is CCCCC#Cc1nc(Cl)c2nc(-c3cccs3)n(OC(=O)C(C)(C)CC)c2n1. The van der Waals surface area contributed by atoms with Gasteiger partial charge < -0.3 is 4.84 Å². The van der Waals surface area contributed by atoms with Gasteiger partial charge in [0.05, 0.1) is 10.3 Å². The van der Waals surface area contributed by atoms with E-state index in [1.54, 1.807) is 0 Å². The second-order valence-electron chi connectivity index (χ2n) is 7.24. The number of carbonyl (C=O) groups excluding carboxylic acids is 1. The first-order valence-electron chi connectivity index (χ1n) is 9.59. The monoisotopic (exact) mass is 430 g/mol. The van der Waals surface area contributed by atoms with Crippen molar-refractivity contribution in [2.75, 3.05) is 0 Å². The van der Waals surface area contributed by atoms with Gasteiger partial charge in [0.25, 0.3) is 0 Å². The van der Waals surface area contributed by atoms with Gasteiger partial charge in [0.2, 0.25) is 11.5 Å². The Labute approximate surface area is 179 Å². The fourth-order valence-corrected chi connectivity index (χ4v) is 3.27. The summed E-state index contributed by atoms with van der Waals surface area (Å²) in [5.74, 6) is 6.37. The van der Waals surface area contributed by atoms with Crippen molar-refractivity contribution in [1.82, 2.24) is 19.7 Å². The van der Waals surface area contributed by atoms with Crippen LogP contribution in [0.5, 0.6) is 0 Å². The smallest absolute Gasteiger partial charge is 0.332 e. The summed E-state index contributed by atoms with van der Waals surface area (Å²) in [6, 6.07) is 3.80. The van der Waals surface area contributed by atoms with Crippen LogP contribution in [0.2, 0.25) is 5.15 Å². The number of hydrogen-bond acceptors (Lipinski definition) is 6. The highest BCUT2D eigenvalue weighted by molar-refractivity contribution is 7.13. The van der Waals surface area contributed by atoms with E-state index in [1.165, 1.54) is 16.1 Å². The number of carbonyl (C=O) groups is 1. The number of hydrogen-bond donors (Lipinski definition) is 0. The molecule has 3 rings (SSSR count). The molecule has 3 heterocycles. The van der Waals surface area contributed by atoms with Crippen LogP contribution in [0.25, 0.3) is 21.9 Å². The third kappa shape index (κ3) is 4.60. The van der Waals surface area contributed by atoms with E-state index in [0.29, 0.717) is 23.4 Å². The van der Waals surface area contributed by atoms with E-state index in [4.69, 9.17) is 16.4 Å². The summed E-state index contributed by atoms with van der Waals surface area (Å²) in [4.78, 5) is 32.6. The molecular weight excluding hydrogens is 408 g/mol. The first-order valence-corrected chi connectivity index (χ1v) is 10.8. The van der Waals surface area contributed by atoms with Crippen molar-refractivity contribution in [3.05, 3.63) is 28.5 Å². The molecule has 0 aliphatic heterocycles. The largest absolute Gasteiger partial charge is 0.338 e. The number of rotatable bonds is 6. The highest BCUT2D eigenvalue weighted by Crippen LogP contribution is 2.30. The molecule has 8 heteroatoms. The van der Waals surface area contributed by atoms with Crippen LogP contribution in [0.15, 0.2) is 17.5 Å². The van der Waals surface area contributed by atoms with Gasteiger partial charge in [-0.05, 0) is 44.1 Å². The van der Waals surface area contributed by atoms with E-state index in [0.717, 1.165) is 24.1 Å². The quantitative estimate of drug-likeness (QED) is 0.307. The van der Waals surface area contributed by atoms with Crippen molar-refractivity contribution < 1.29 is 9.63 Å². The minimum absolute atomic E-state index is 0.178. The molecule has 152 valence electrons. The van der Waals surface area contributed by atoms with E-state index >= 15 is 0 Å². The second kappa shape index (κ2) is 8.93. The van der Waals surface area contributed by atoms with E-state index < -0.39 is 5.41 Å². The summed E-state index contributed by atoms with van der Waals surface area (Å²) in [6.07, 6.45) is 3.47. The zero-order valence-electron chi connectivity index (χ0n) is 17.0. The van der Waals surface area contributed by atoms with Crippen LogP contribution in [0, 0.1) is 17.3 Å². The van der Waals surface area contributed by atoms with Crippen LogP contribution in [0.3, 0.4) is 0 Å². The Balaban J connectivity index is 2.13. The van der Waals surface area contributed by atoms with Gasteiger partial charge in [-0.1, -0.05) is 43.9 Å². The fourth-order valence-electron chi connectivity index (χ4n) is 2.37. The van der Waals surface area contributed by atoms with E-state index in [9.17, 15) is 4.79 Å². The van der Waals surface area contributed by atoms with Gasteiger partial charge in [0.15, 0.2) is 11.0 Å². The molecule has 3 aromatic rings. The summed E-state index contributed by atoms with van der Waals surface area (Å²) < 4.78 is 1.35. The Hall–Kier alpha value is -2.43. The summed E-state index contributed by atoms with van der Waals surface area (Å²) in [6.45, 7) is 7.73. The number of aromatic nitrogens is 4. The first-order chi connectivity index (χ1) is 13.9. The lowest BCUT2D eigenvalue weighted by Crippen LogP contribution is -2.33. The molecule has 0 aliphatic rings. The Bertz CT molecular complexity index is 1080. The van der Waals surface area contributed by atoms with Crippen LogP contribution in [0.4, 0.5) is 0 Å². The van der Waals surface area contributed by atoms with Gasteiger partial charge in [0, 0.05) is 6.42 Å². The van der Waals surface area contributed by atoms with Gasteiger partial charge >= 0.3 is 5.97 Å². The summed E-state index contributed by atoms with van der Waals surface area (Å²) in [7, 11) is 0. The topological polar surface area (TPSA) is 69.9 Å². The summed E-state index contributed by atoms with van der Waals surface area (Å²) >= 11 is 7.85. The maximum absolute atomic E-state index is 12.8. The van der Waals surface area contributed by atoms with Crippen molar-refractivity contribution >= 4 is 40.1 Å². The number of halogens is 1. The van der Waals surface area contributed by atoms with Gasteiger partial charge in [0.1, 0.15) is 5.52 Å². The Morgan fingerprint density at radius 3 is 2.76 bits per heavy atom. The lowest BCUT2D eigenvalue weighted by molar-refractivity contribution is -0.153. The minimum atomic E-state index is -0.650. The number of unbranched alkanes of at least 4 members (excludes halogenated alkanes) is 2. The van der Waals surface area contributed by atoms with Gasteiger partial charge in [-0.15, -0.1) is 16.1 Å². The summed E-state index contributed by atoms with van der Waals surface area (Å²) in [5.41, 5.74) is 0.0489. The van der Waals surface area contributed by atoms with Crippen molar-refractivity contribution in [1.29, 1.82) is 0 Å². The molecule has 3 aromatic heterocycles. The van der Waals surface area contributed by atoms with Crippen LogP contribution < -0.4 is 4.84 Å². The molecule has 0 aliphatic carbocycles. The lowest BCUT2D eigenvalue weighted by atomic mass is 9.91. The predicted octanol–water partition coefficient (Wildman–Crippen LogP) is 5.14. The van der Waals surface area contributed by atoms with Crippen LogP contribution in [-0.2, 0) is 4.79 Å². The normalized spacial score (nSPS) is 11.3. The van der Waals surface area contributed by atoms with Crippen LogP contribution >= 0.6 is 22.9 Å².